The van der Waals surface area contributed by atoms with Crippen molar-refractivity contribution < 1.29 is 8.42 Å². The van der Waals surface area contributed by atoms with Crippen molar-refractivity contribution in [3.05, 3.63) is 53.6 Å². The van der Waals surface area contributed by atoms with Gasteiger partial charge in [0.05, 0.1) is 10.5 Å². The van der Waals surface area contributed by atoms with Crippen LogP contribution in [0.4, 0.5) is 11.8 Å². The molecule has 0 aliphatic heterocycles. The molecule has 0 radical (unpaired) electrons. The fourth-order valence-corrected chi connectivity index (χ4v) is 6.38. The molecule has 1 aromatic heterocycles. The highest BCUT2D eigenvalue weighted by molar-refractivity contribution is 7.89. The largest absolute Gasteiger partial charge is 0.356 e. The van der Waals surface area contributed by atoms with E-state index in [0.29, 0.717) is 24.3 Å². The summed E-state index contributed by atoms with van der Waals surface area (Å²) in [6.45, 7) is 7.31. The van der Waals surface area contributed by atoms with Crippen molar-refractivity contribution >= 4 is 44.3 Å². The van der Waals surface area contributed by atoms with Crippen molar-refractivity contribution in [3.8, 4) is 0 Å². The maximum absolute atomic E-state index is 12.6. The summed E-state index contributed by atoms with van der Waals surface area (Å²) in [6, 6.07) is 14.7. The van der Waals surface area contributed by atoms with Crippen LogP contribution in [0.1, 0.15) is 39.5 Å². The van der Waals surface area contributed by atoms with Crippen molar-refractivity contribution in [3.63, 3.8) is 0 Å². The Labute approximate surface area is 213 Å². The topological polar surface area (TPSA) is 87.2 Å². The highest BCUT2D eigenvalue weighted by atomic mass is 35.5. The van der Waals surface area contributed by atoms with Crippen molar-refractivity contribution in [1.29, 1.82) is 0 Å². The zero-order valence-electron chi connectivity index (χ0n) is 20.4. The Balaban J connectivity index is 1.32. The van der Waals surface area contributed by atoms with Crippen LogP contribution in [0.5, 0.6) is 0 Å². The smallest absolute Gasteiger partial charge is 0.242 e. The van der Waals surface area contributed by atoms with E-state index in [2.05, 4.69) is 34.9 Å². The van der Waals surface area contributed by atoms with Crippen LogP contribution in [0, 0.1) is 11.8 Å². The van der Waals surface area contributed by atoms with Crippen LogP contribution in [-0.4, -0.2) is 44.6 Å². The lowest BCUT2D eigenvalue weighted by molar-refractivity contribution is 0.284. The molecule has 0 saturated heterocycles. The first-order valence-corrected chi connectivity index (χ1v) is 14.3. The first-order chi connectivity index (χ1) is 16.9. The molecule has 1 heterocycles. The van der Waals surface area contributed by atoms with Gasteiger partial charge < -0.3 is 10.2 Å². The average molecular weight is 516 g/mol. The number of benzene rings is 2. The summed E-state index contributed by atoms with van der Waals surface area (Å²) in [6.07, 6.45) is 4.06. The monoisotopic (exact) mass is 515 g/mol. The Morgan fingerprint density at radius 1 is 0.914 bits per heavy atom. The molecule has 7 nitrogen and oxygen atoms in total. The van der Waals surface area contributed by atoms with Crippen molar-refractivity contribution in [1.82, 2.24) is 14.7 Å². The van der Waals surface area contributed by atoms with Gasteiger partial charge in [-0.2, -0.15) is 4.98 Å². The minimum Gasteiger partial charge on any atom is -0.356 e. The van der Waals surface area contributed by atoms with E-state index in [0.717, 1.165) is 62.0 Å². The molecule has 1 aliphatic rings. The number of halogens is 1. The van der Waals surface area contributed by atoms with Crippen molar-refractivity contribution in [2.24, 2.45) is 11.8 Å². The maximum atomic E-state index is 12.6. The SMILES string of the molecule is CCN(CC)c1nc(NCC2CCC(CNS(=O)(=O)c3ccccc3Cl)CC2)nc2ccccc12. The zero-order chi connectivity index (χ0) is 24.8. The van der Waals surface area contributed by atoms with Gasteiger partial charge in [0, 0.05) is 31.6 Å². The minimum absolute atomic E-state index is 0.138. The van der Waals surface area contributed by atoms with E-state index in [4.69, 9.17) is 21.6 Å². The number of rotatable bonds is 10. The summed E-state index contributed by atoms with van der Waals surface area (Å²) >= 11 is 6.07. The summed E-state index contributed by atoms with van der Waals surface area (Å²) in [5, 5.41) is 4.79. The Bertz CT molecular complexity index is 1240. The molecular weight excluding hydrogens is 482 g/mol. The van der Waals surface area contributed by atoms with Crippen LogP contribution in [-0.2, 0) is 10.0 Å². The van der Waals surface area contributed by atoms with Crippen molar-refractivity contribution in [2.75, 3.05) is 36.4 Å². The van der Waals surface area contributed by atoms with Gasteiger partial charge >= 0.3 is 0 Å². The van der Waals surface area contributed by atoms with E-state index in [9.17, 15) is 8.42 Å². The highest BCUT2D eigenvalue weighted by Gasteiger charge is 2.24. The Morgan fingerprint density at radius 2 is 1.54 bits per heavy atom. The minimum atomic E-state index is -3.60. The third-order valence-corrected chi connectivity index (χ3v) is 8.77. The number of aromatic nitrogens is 2. The molecule has 0 spiro atoms. The molecule has 0 bridgehead atoms. The van der Waals surface area contributed by atoms with Crippen LogP contribution in [0.3, 0.4) is 0 Å². The second-order valence-corrected chi connectivity index (χ2v) is 11.3. The van der Waals surface area contributed by atoms with Gasteiger partial charge in [-0.1, -0.05) is 35.9 Å². The third kappa shape index (κ3) is 6.23. The zero-order valence-corrected chi connectivity index (χ0v) is 21.9. The molecule has 1 aliphatic carbocycles. The van der Waals surface area contributed by atoms with E-state index in [1.54, 1.807) is 18.2 Å². The fourth-order valence-electron chi connectivity index (χ4n) is 4.75. The van der Waals surface area contributed by atoms with Crippen LogP contribution in [0.25, 0.3) is 10.9 Å². The van der Waals surface area contributed by atoms with Gasteiger partial charge in [0.25, 0.3) is 0 Å². The number of nitrogens with zero attached hydrogens (tertiary/aromatic N) is 3. The van der Waals surface area contributed by atoms with Gasteiger partial charge in [0.1, 0.15) is 10.7 Å². The summed E-state index contributed by atoms with van der Waals surface area (Å²) in [5.41, 5.74) is 0.946. The molecule has 2 N–H and O–H groups in total. The lowest BCUT2D eigenvalue weighted by Gasteiger charge is -2.29. The number of sulfonamides is 1. The number of para-hydroxylation sites is 1. The van der Waals surface area contributed by atoms with E-state index in [-0.39, 0.29) is 9.92 Å². The van der Waals surface area contributed by atoms with E-state index in [1.807, 2.05) is 18.2 Å². The van der Waals surface area contributed by atoms with Crippen molar-refractivity contribution in [2.45, 2.75) is 44.4 Å². The van der Waals surface area contributed by atoms with Gasteiger partial charge in [-0.3, -0.25) is 0 Å². The maximum Gasteiger partial charge on any atom is 0.242 e. The second-order valence-electron chi connectivity index (χ2n) is 9.11. The lowest BCUT2D eigenvalue weighted by Crippen LogP contribution is -2.32. The molecule has 3 aromatic rings. The number of hydrogen-bond acceptors (Lipinski definition) is 6. The molecule has 4 rings (SSSR count). The van der Waals surface area contributed by atoms with Gasteiger partial charge in [0.15, 0.2) is 0 Å². The summed E-state index contributed by atoms with van der Waals surface area (Å²) in [7, 11) is -3.60. The molecule has 0 amide bonds. The van der Waals surface area contributed by atoms with E-state index < -0.39 is 10.0 Å². The standard InChI is InChI=1S/C26H34ClN5O2S/c1-3-32(4-2)25-21-9-5-7-11-23(21)30-26(31-25)28-17-19-13-15-20(16-14-19)18-29-35(33,34)24-12-8-6-10-22(24)27/h5-12,19-20,29H,3-4,13-18H2,1-2H3,(H,28,30,31). The third-order valence-electron chi connectivity index (χ3n) is 6.85. The molecule has 35 heavy (non-hydrogen) atoms. The molecule has 1 saturated carbocycles. The lowest BCUT2D eigenvalue weighted by atomic mass is 9.82. The van der Waals surface area contributed by atoms with E-state index >= 15 is 0 Å². The summed E-state index contributed by atoms with van der Waals surface area (Å²) < 4.78 is 28.0. The van der Waals surface area contributed by atoms with Crippen LogP contribution in [0.2, 0.25) is 5.02 Å². The molecule has 1 fully saturated rings. The molecule has 0 atom stereocenters. The average Bonchev–Trinajstić information content (AvgIpc) is 2.88. The summed E-state index contributed by atoms with van der Waals surface area (Å²) in [4.78, 5) is 12.0. The van der Waals surface area contributed by atoms with E-state index in [1.165, 1.54) is 6.07 Å². The quantitative estimate of drug-likeness (QED) is 0.379. The van der Waals surface area contributed by atoms with Gasteiger partial charge in [-0.15, -0.1) is 0 Å². The van der Waals surface area contributed by atoms with Crippen LogP contribution >= 0.6 is 11.6 Å². The van der Waals surface area contributed by atoms with Gasteiger partial charge in [0.2, 0.25) is 16.0 Å². The predicted molar refractivity (Wildman–Crippen MR) is 144 cm³/mol. The van der Waals surface area contributed by atoms with Gasteiger partial charge in [-0.25, -0.2) is 18.1 Å². The number of nitrogens with one attached hydrogen (secondary N) is 2. The second kappa shape index (κ2) is 11.5. The van der Waals surface area contributed by atoms with Crippen LogP contribution < -0.4 is 14.9 Å². The van der Waals surface area contributed by atoms with Crippen LogP contribution in [0.15, 0.2) is 53.4 Å². The number of fused-ring (bicyclic) bond motifs is 1. The molecule has 9 heteroatoms. The normalized spacial score (nSPS) is 18.5. The first-order valence-electron chi connectivity index (χ1n) is 12.4. The number of anilines is 2. The van der Waals surface area contributed by atoms with Gasteiger partial charge in [-0.05, 0) is 75.6 Å². The molecule has 188 valence electrons. The Kier molecular flexibility index (Phi) is 8.46. The molecule has 0 unspecified atom stereocenters. The predicted octanol–water partition coefficient (Wildman–Crippen LogP) is 5.33. The number of hydrogen-bond donors (Lipinski definition) is 2. The fraction of sp³-hybridized carbons (Fsp3) is 0.462. The Morgan fingerprint density at radius 3 is 2.23 bits per heavy atom. The summed E-state index contributed by atoms with van der Waals surface area (Å²) in [5.74, 6) is 2.48. The molecule has 2 aromatic carbocycles. The Hall–Kier alpha value is -2.42. The molecular formula is C26H34ClN5O2S. The first kappa shape index (κ1) is 25.7. The highest BCUT2D eigenvalue weighted by Crippen LogP contribution is 2.30.